The molecule has 23 heavy (non-hydrogen) atoms. The number of benzene rings is 2. The molecule has 2 aromatic carbocycles. The van der Waals surface area contributed by atoms with E-state index in [4.69, 9.17) is 0 Å². The fourth-order valence-corrected chi connectivity index (χ4v) is 1.72. The molecule has 4 nitrogen and oxygen atoms in total. The second kappa shape index (κ2) is 10.4. The Morgan fingerprint density at radius 1 is 0.739 bits per heavy atom. The van der Waals surface area contributed by atoms with E-state index in [1.807, 2.05) is 0 Å². The van der Waals surface area contributed by atoms with Crippen LogP contribution in [0.2, 0.25) is 0 Å². The minimum atomic E-state index is -1.17. The van der Waals surface area contributed by atoms with E-state index in [1.165, 1.54) is 24.3 Å². The Bertz CT molecular complexity index is 646. The second-order valence-electron chi connectivity index (χ2n) is 4.16. The largest absolute Gasteiger partial charge is 2.00 e. The molecular weight excluding hydrogens is 304 g/mol. The maximum atomic E-state index is 10.4. The Morgan fingerprint density at radius 2 is 1.04 bits per heavy atom. The summed E-state index contributed by atoms with van der Waals surface area (Å²) in [7, 11) is 0. The second-order valence-corrected chi connectivity index (χ2v) is 4.16. The topological polar surface area (TPSA) is 80.3 Å². The van der Waals surface area contributed by atoms with E-state index in [0.29, 0.717) is 11.1 Å². The molecule has 0 aliphatic heterocycles. The Morgan fingerprint density at radius 3 is 1.26 bits per heavy atom. The number of carbonyl (C=O) groups is 2. The number of aromatic carboxylic acids is 2. The van der Waals surface area contributed by atoms with Crippen molar-refractivity contribution in [1.82, 2.24) is 0 Å². The predicted octanol–water partition coefficient (Wildman–Crippen LogP) is 1.01. The van der Waals surface area contributed by atoms with Gasteiger partial charge in [0, 0.05) is 11.1 Å². The van der Waals surface area contributed by atoms with Gasteiger partial charge in [-0.25, -0.2) is 0 Å². The summed E-state index contributed by atoms with van der Waals surface area (Å²) in [6.45, 7) is 6.97. The van der Waals surface area contributed by atoms with Gasteiger partial charge in [0.1, 0.15) is 0 Å². The molecule has 0 unspecified atom stereocenters. The summed E-state index contributed by atoms with van der Waals surface area (Å²) >= 11 is 0. The van der Waals surface area contributed by atoms with Gasteiger partial charge in [-0.1, -0.05) is 73.8 Å². The average molecular weight is 319 g/mol. The molecule has 2 rings (SSSR count). The molecule has 0 atom stereocenters. The van der Waals surface area contributed by atoms with Crippen LogP contribution < -0.4 is 10.2 Å². The first-order chi connectivity index (χ1) is 10.5. The molecule has 0 radical (unpaired) electrons. The number of carboxylic acid groups (broad SMARTS) is 2. The molecule has 0 amide bonds. The van der Waals surface area contributed by atoms with Crippen molar-refractivity contribution in [3.05, 3.63) is 83.9 Å². The van der Waals surface area contributed by atoms with Crippen molar-refractivity contribution in [2.75, 3.05) is 0 Å². The molecule has 0 N–H and O–H groups in total. The number of rotatable bonds is 4. The first-order valence-corrected chi connectivity index (χ1v) is 6.37. The Hall–Kier alpha value is -2.37. The van der Waals surface area contributed by atoms with Crippen molar-refractivity contribution < 1.29 is 19.8 Å². The summed E-state index contributed by atoms with van der Waals surface area (Å²) in [5, 5.41) is 20.8. The fraction of sp³-hybridized carbons (Fsp3) is 0. The smallest absolute Gasteiger partial charge is 0.545 e. The normalized spacial score (nSPS) is 8.70. The minimum absolute atomic E-state index is 0. The fourth-order valence-electron chi connectivity index (χ4n) is 1.72. The maximum absolute atomic E-state index is 10.4. The molecule has 0 aliphatic rings. The van der Waals surface area contributed by atoms with Crippen molar-refractivity contribution >= 4 is 47.1 Å². The molecule has 0 aliphatic carbocycles. The minimum Gasteiger partial charge on any atom is -0.545 e. The van der Waals surface area contributed by atoms with Crippen molar-refractivity contribution in [3.8, 4) is 0 Å². The number of hydrogen-bond acceptors (Lipinski definition) is 4. The SMILES string of the molecule is C=Cc1ccccc1C(=O)[O-].C=Cc1ccccc1C(=O)[O-].[Mg+2]. The van der Waals surface area contributed by atoms with Crippen LogP contribution in [0, 0.1) is 0 Å². The van der Waals surface area contributed by atoms with E-state index in [0.717, 1.165) is 0 Å². The molecular formula is C18H14MgO4. The van der Waals surface area contributed by atoms with Gasteiger partial charge in [-0.15, -0.1) is 0 Å². The van der Waals surface area contributed by atoms with E-state index in [1.54, 1.807) is 36.4 Å². The van der Waals surface area contributed by atoms with Crippen molar-refractivity contribution in [3.63, 3.8) is 0 Å². The molecule has 0 aromatic heterocycles. The number of hydrogen-bond donors (Lipinski definition) is 0. The van der Waals surface area contributed by atoms with E-state index < -0.39 is 11.9 Å². The third-order valence-electron chi connectivity index (χ3n) is 2.80. The molecule has 2 aromatic rings. The van der Waals surface area contributed by atoms with E-state index in [2.05, 4.69) is 13.2 Å². The summed E-state index contributed by atoms with van der Waals surface area (Å²) in [6.07, 6.45) is 2.98. The average Bonchev–Trinajstić information content (AvgIpc) is 2.55. The zero-order valence-corrected chi connectivity index (χ0v) is 13.9. The van der Waals surface area contributed by atoms with Crippen LogP contribution in [0.4, 0.5) is 0 Å². The molecule has 0 fully saturated rings. The molecule has 0 saturated heterocycles. The van der Waals surface area contributed by atoms with Crippen LogP contribution in [0.1, 0.15) is 31.8 Å². The van der Waals surface area contributed by atoms with Gasteiger partial charge in [0.05, 0.1) is 11.9 Å². The summed E-state index contributed by atoms with van der Waals surface area (Å²) in [6, 6.07) is 13.2. The number of carboxylic acids is 2. The maximum Gasteiger partial charge on any atom is 2.00 e. The van der Waals surface area contributed by atoms with Gasteiger partial charge in [-0.2, -0.15) is 0 Å². The van der Waals surface area contributed by atoms with Gasteiger partial charge in [-0.3, -0.25) is 0 Å². The number of carbonyl (C=O) groups excluding carboxylic acids is 2. The van der Waals surface area contributed by atoms with Crippen molar-refractivity contribution in [2.45, 2.75) is 0 Å². The van der Waals surface area contributed by atoms with Gasteiger partial charge in [-0.05, 0) is 11.1 Å². The first kappa shape index (κ1) is 20.6. The monoisotopic (exact) mass is 318 g/mol. The molecule has 5 heteroatoms. The van der Waals surface area contributed by atoms with Gasteiger partial charge >= 0.3 is 23.1 Å². The molecule has 0 bridgehead atoms. The molecule has 112 valence electrons. The van der Waals surface area contributed by atoms with Gasteiger partial charge < -0.3 is 19.8 Å². The molecule has 0 heterocycles. The van der Waals surface area contributed by atoms with E-state index in [9.17, 15) is 19.8 Å². The molecule has 0 spiro atoms. The van der Waals surface area contributed by atoms with Crippen LogP contribution >= 0.6 is 0 Å². The Labute approximate surface area is 150 Å². The van der Waals surface area contributed by atoms with E-state index >= 15 is 0 Å². The Kier molecular flexibility index (Phi) is 9.30. The third kappa shape index (κ3) is 6.10. The zero-order chi connectivity index (χ0) is 16.5. The Balaban J connectivity index is 0.000000403. The summed E-state index contributed by atoms with van der Waals surface area (Å²) in [5.74, 6) is -2.33. The summed E-state index contributed by atoms with van der Waals surface area (Å²) in [5.41, 5.74) is 1.55. The van der Waals surface area contributed by atoms with Crippen LogP contribution in [0.3, 0.4) is 0 Å². The van der Waals surface area contributed by atoms with Crippen LogP contribution in [0.5, 0.6) is 0 Å². The third-order valence-corrected chi connectivity index (χ3v) is 2.80. The van der Waals surface area contributed by atoms with Gasteiger partial charge in [0.2, 0.25) is 0 Å². The van der Waals surface area contributed by atoms with E-state index in [-0.39, 0.29) is 34.2 Å². The summed E-state index contributed by atoms with van der Waals surface area (Å²) < 4.78 is 0. The first-order valence-electron chi connectivity index (χ1n) is 6.37. The van der Waals surface area contributed by atoms with Crippen LogP contribution in [0.15, 0.2) is 61.7 Å². The van der Waals surface area contributed by atoms with Crippen LogP contribution in [-0.2, 0) is 0 Å². The van der Waals surface area contributed by atoms with Crippen LogP contribution in [0.25, 0.3) is 12.2 Å². The molecule has 0 saturated carbocycles. The van der Waals surface area contributed by atoms with Crippen LogP contribution in [-0.4, -0.2) is 35.0 Å². The quantitative estimate of drug-likeness (QED) is 0.788. The van der Waals surface area contributed by atoms with Gasteiger partial charge in [0.15, 0.2) is 0 Å². The van der Waals surface area contributed by atoms with Crippen molar-refractivity contribution in [1.29, 1.82) is 0 Å². The zero-order valence-electron chi connectivity index (χ0n) is 12.5. The van der Waals surface area contributed by atoms with Gasteiger partial charge in [0.25, 0.3) is 0 Å². The predicted molar refractivity (Wildman–Crippen MR) is 87.5 cm³/mol. The van der Waals surface area contributed by atoms with Crippen molar-refractivity contribution in [2.24, 2.45) is 0 Å². The standard InChI is InChI=1S/2C9H8O2.Mg/c2*1-2-7-5-3-4-6-8(7)9(10)11;/h2*2-6H,1H2,(H,10,11);/q;;+2/p-2. The summed E-state index contributed by atoms with van der Waals surface area (Å²) in [4.78, 5) is 20.8.